The van der Waals surface area contributed by atoms with Crippen LogP contribution in [0, 0.1) is 12.7 Å². The number of nitrogens with zero attached hydrogens (tertiary/aromatic N) is 3. The molecule has 4 aromatic rings. The predicted molar refractivity (Wildman–Crippen MR) is 145 cm³/mol. The second kappa shape index (κ2) is 11.6. The van der Waals surface area contributed by atoms with E-state index in [9.17, 15) is 9.18 Å². The van der Waals surface area contributed by atoms with Crippen molar-refractivity contribution in [3.63, 3.8) is 0 Å². The van der Waals surface area contributed by atoms with Gasteiger partial charge in [-0.1, -0.05) is 41.4 Å². The van der Waals surface area contributed by atoms with Crippen LogP contribution in [0.4, 0.5) is 4.39 Å². The van der Waals surface area contributed by atoms with Crippen molar-refractivity contribution in [3.8, 4) is 17.3 Å². The standard InChI is InChI=1S/C29H26Cl2FN3O3/c1-19-26(18-34(17-24-8-5-15-37-24)28(36)25-9-2-3-10-27(25)31)29(38-23-7-4-6-21(32)16-23)35(33-19)22-13-11-20(30)12-14-22/h2-4,6-7,9-14,16,24H,5,8,15,17-18H2,1H3/t24-/m1/s1. The Morgan fingerprint density at radius 3 is 2.63 bits per heavy atom. The first-order valence-corrected chi connectivity index (χ1v) is 13.1. The minimum Gasteiger partial charge on any atom is -0.438 e. The molecular weight excluding hydrogens is 528 g/mol. The smallest absolute Gasteiger partial charge is 0.255 e. The van der Waals surface area contributed by atoms with Gasteiger partial charge in [0.1, 0.15) is 11.6 Å². The summed E-state index contributed by atoms with van der Waals surface area (Å²) in [7, 11) is 0. The summed E-state index contributed by atoms with van der Waals surface area (Å²) in [5, 5.41) is 5.68. The quantitative estimate of drug-likeness (QED) is 0.231. The van der Waals surface area contributed by atoms with Crippen LogP contribution in [0.5, 0.6) is 11.6 Å². The van der Waals surface area contributed by atoms with E-state index < -0.39 is 5.82 Å². The van der Waals surface area contributed by atoms with E-state index in [1.807, 2.05) is 19.1 Å². The van der Waals surface area contributed by atoms with Crippen molar-refractivity contribution in [2.75, 3.05) is 13.2 Å². The predicted octanol–water partition coefficient (Wildman–Crippen LogP) is 7.24. The SMILES string of the molecule is Cc1nn(-c2ccc(Cl)cc2)c(Oc2cccc(F)c2)c1CN(C[C@H]1CCCO1)C(=O)c1ccccc1Cl. The Morgan fingerprint density at radius 2 is 1.92 bits per heavy atom. The zero-order chi connectivity index (χ0) is 26.6. The zero-order valence-corrected chi connectivity index (χ0v) is 22.3. The lowest BCUT2D eigenvalue weighted by Gasteiger charge is -2.26. The molecule has 1 aliphatic heterocycles. The minimum absolute atomic E-state index is 0.0827. The molecule has 196 valence electrons. The highest BCUT2D eigenvalue weighted by Crippen LogP contribution is 2.33. The molecule has 38 heavy (non-hydrogen) atoms. The molecule has 2 heterocycles. The molecule has 1 amide bonds. The van der Waals surface area contributed by atoms with Crippen LogP contribution in [0.1, 0.15) is 34.5 Å². The number of hydrogen-bond donors (Lipinski definition) is 0. The van der Waals surface area contributed by atoms with Crippen LogP contribution in [0.3, 0.4) is 0 Å². The van der Waals surface area contributed by atoms with Crippen LogP contribution in [-0.2, 0) is 11.3 Å². The molecule has 0 spiro atoms. The summed E-state index contributed by atoms with van der Waals surface area (Å²) < 4.78 is 27.7. The second-order valence-electron chi connectivity index (χ2n) is 9.12. The van der Waals surface area contributed by atoms with Crippen LogP contribution in [0.15, 0.2) is 72.8 Å². The fraction of sp³-hybridized carbons (Fsp3) is 0.241. The van der Waals surface area contributed by atoms with Gasteiger partial charge in [-0.25, -0.2) is 9.07 Å². The summed E-state index contributed by atoms with van der Waals surface area (Å²) in [6, 6.07) is 20.0. The molecule has 0 aliphatic carbocycles. The van der Waals surface area contributed by atoms with E-state index in [0.29, 0.717) is 57.3 Å². The topological polar surface area (TPSA) is 56.6 Å². The lowest BCUT2D eigenvalue weighted by atomic mass is 10.1. The summed E-state index contributed by atoms with van der Waals surface area (Å²) in [5.41, 5.74) is 2.46. The second-order valence-corrected chi connectivity index (χ2v) is 9.96. The van der Waals surface area contributed by atoms with Gasteiger partial charge in [0.25, 0.3) is 5.91 Å². The van der Waals surface area contributed by atoms with Gasteiger partial charge in [-0.05, 0) is 68.3 Å². The van der Waals surface area contributed by atoms with Crippen LogP contribution < -0.4 is 4.74 Å². The molecule has 0 bridgehead atoms. The van der Waals surface area contributed by atoms with E-state index in [2.05, 4.69) is 0 Å². The summed E-state index contributed by atoms with van der Waals surface area (Å²) in [4.78, 5) is 15.5. The van der Waals surface area contributed by atoms with Gasteiger partial charge in [0, 0.05) is 24.2 Å². The highest BCUT2D eigenvalue weighted by Gasteiger charge is 2.28. The van der Waals surface area contributed by atoms with Crippen molar-refractivity contribution in [1.82, 2.24) is 14.7 Å². The maximum Gasteiger partial charge on any atom is 0.255 e. The van der Waals surface area contributed by atoms with Gasteiger partial charge in [0.05, 0.1) is 40.2 Å². The number of rotatable bonds is 8. The number of halogens is 3. The van der Waals surface area contributed by atoms with Crippen molar-refractivity contribution in [2.45, 2.75) is 32.4 Å². The number of hydrogen-bond acceptors (Lipinski definition) is 4. The number of carbonyl (C=O) groups excluding carboxylic acids is 1. The summed E-state index contributed by atoms with van der Waals surface area (Å²) in [6.45, 7) is 3.09. The summed E-state index contributed by atoms with van der Waals surface area (Å²) in [6.07, 6.45) is 1.73. The monoisotopic (exact) mass is 553 g/mol. The van der Waals surface area contributed by atoms with Crippen molar-refractivity contribution >= 4 is 29.1 Å². The summed E-state index contributed by atoms with van der Waals surface area (Å²) in [5.74, 6) is 0.0397. The molecule has 1 aliphatic rings. The summed E-state index contributed by atoms with van der Waals surface area (Å²) >= 11 is 12.5. The van der Waals surface area contributed by atoms with Gasteiger partial charge in [0.2, 0.25) is 5.88 Å². The van der Waals surface area contributed by atoms with Gasteiger partial charge >= 0.3 is 0 Å². The molecule has 3 aromatic carbocycles. The van der Waals surface area contributed by atoms with Gasteiger partial charge in [-0.2, -0.15) is 5.10 Å². The van der Waals surface area contributed by atoms with Crippen LogP contribution in [-0.4, -0.2) is 39.8 Å². The highest BCUT2D eigenvalue weighted by atomic mass is 35.5. The van der Waals surface area contributed by atoms with Gasteiger partial charge in [-0.15, -0.1) is 0 Å². The van der Waals surface area contributed by atoms with Gasteiger partial charge < -0.3 is 14.4 Å². The Bertz CT molecular complexity index is 1440. The molecule has 1 aromatic heterocycles. The average Bonchev–Trinajstić information content (AvgIpc) is 3.52. The van der Waals surface area contributed by atoms with E-state index in [4.69, 9.17) is 37.8 Å². The Labute approximate surface area is 230 Å². The maximum absolute atomic E-state index is 14.0. The fourth-order valence-electron chi connectivity index (χ4n) is 4.47. The van der Waals surface area contributed by atoms with Crippen molar-refractivity contribution in [2.24, 2.45) is 0 Å². The molecule has 1 atom stereocenters. The third-order valence-corrected chi connectivity index (χ3v) is 6.99. The van der Waals surface area contributed by atoms with Crippen LogP contribution in [0.25, 0.3) is 5.69 Å². The molecule has 0 saturated carbocycles. The Balaban J connectivity index is 1.57. The number of aromatic nitrogens is 2. The Kier molecular flexibility index (Phi) is 7.98. The number of ether oxygens (including phenoxy) is 2. The minimum atomic E-state index is -0.424. The molecule has 0 radical (unpaired) electrons. The maximum atomic E-state index is 14.0. The van der Waals surface area contributed by atoms with E-state index in [-0.39, 0.29) is 18.6 Å². The van der Waals surface area contributed by atoms with Crippen LogP contribution in [0.2, 0.25) is 10.0 Å². The first-order chi connectivity index (χ1) is 18.4. The van der Waals surface area contributed by atoms with Gasteiger partial charge in [0.15, 0.2) is 0 Å². The van der Waals surface area contributed by atoms with Crippen molar-refractivity contribution < 1.29 is 18.7 Å². The lowest BCUT2D eigenvalue weighted by Crippen LogP contribution is -2.37. The molecule has 0 N–H and O–H groups in total. The number of carbonyl (C=O) groups is 1. The molecule has 1 saturated heterocycles. The van der Waals surface area contributed by atoms with Gasteiger partial charge in [-0.3, -0.25) is 4.79 Å². The molecule has 6 nitrogen and oxygen atoms in total. The first kappa shape index (κ1) is 26.2. The zero-order valence-electron chi connectivity index (χ0n) is 20.7. The van der Waals surface area contributed by atoms with Crippen LogP contribution >= 0.6 is 23.2 Å². The van der Waals surface area contributed by atoms with E-state index in [0.717, 1.165) is 12.8 Å². The third kappa shape index (κ3) is 5.85. The van der Waals surface area contributed by atoms with Crippen molar-refractivity contribution in [3.05, 3.63) is 105 Å². The highest BCUT2D eigenvalue weighted by molar-refractivity contribution is 6.33. The number of amides is 1. The first-order valence-electron chi connectivity index (χ1n) is 12.3. The molecule has 1 fully saturated rings. The van der Waals surface area contributed by atoms with E-state index in [1.165, 1.54) is 12.1 Å². The number of benzene rings is 3. The normalized spacial score (nSPS) is 15.0. The molecule has 0 unspecified atom stereocenters. The fourth-order valence-corrected chi connectivity index (χ4v) is 4.82. The Hall–Kier alpha value is -3.39. The molecular formula is C29H26Cl2FN3O3. The molecule has 9 heteroatoms. The number of aryl methyl sites for hydroxylation is 1. The Morgan fingerprint density at radius 1 is 1.13 bits per heavy atom. The van der Waals surface area contributed by atoms with Crippen molar-refractivity contribution in [1.29, 1.82) is 0 Å². The van der Waals surface area contributed by atoms with E-state index in [1.54, 1.807) is 58.1 Å². The van der Waals surface area contributed by atoms with E-state index >= 15 is 0 Å². The average molecular weight is 554 g/mol. The lowest BCUT2D eigenvalue weighted by molar-refractivity contribution is 0.0505. The third-order valence-electron chi connectivity index (χ3n) is 6.41. The largest absolute Gasteiger partial charge is 0.438 e. The molecule has 5 rings (SSSR count).